The van der Waals surface area contributed by atoms with Gasteiger partial charge in [-0.2, -0.15) is 5.10 Å². The summed E-state index contributed by atoms with van der Waals surface area (Å²) < 4.78 is 7.70. The molecule has 0 spiro atoms. The smallest absolute Gasteiger partial charge is 0.242 e. The molecule has 134 valence electrons. The summed E-state index contributed by atoms with van der Waals surface area (Å²) in [6, 6.07) is 7.66. The van der Waals surface area contributed by atoms with Crippen LogP contribution in [0.1, 0.15) is 26.7 Å². The van der Waals surface area contributed by atoms with Crippen molar-refractivity contribution < 1.29 is 9.53 Å². The van der Waals surface area contributed by atoms with Gasteiger partial charge >= 0.3 is 0 Å². The lowest BCUT2D eigenvalue weighted by Gasteiger charge is -2.31. The van der Waals surface area contributed by atoms with Crippen molar-refractivity contribution in [1.82, 2.24) is 19.7 Å². The summed E-state index contributed by atoms with van der Waals surface area (Å²) in [5, 5.41) is 7.12. The molecule has 1 unspecified atom stereocenters. The molecule has 2 aromatic rings. The van der Waals surface area contributed by atoms with Gasteiger partial charge in [-0.1, -0.05) is 6.92 Å². The topological polar surface area (TPSA) is 63.1 Å². The number of carbonyl (C=O) groups excluding carboxylic acids is 1. The maximum Gasteiger partial charge on any atom is 0.242 e. The molecule has 1 aromatic heterocycles. The van der Waals surface area contributed by atoms with E-state index in [9.17, 15) is 4.79 Å². The van der Waals surface area contributed by atoms with Crippen molar-refractivity contribution >= 4 is 18.1 Å². The van der Waals surface area contributed by atoms with Crippen molar-refractivity contribution in [3.8, 4) is 17.1 Å². The van der Waals surface area contributed by atoms with Crippen molar-refractivity contribution in [1.29, 1.82) is 0 Å². The van der Waals surface area contributed by atoms with Gasteiger partial charge in [0.2, 0.25) is 5.91 Å². The third-order valence-corrected chi connectivity index (χ3v) is 4.80. The van der Waals surface area contributed by atoms with E-state index in [2.05, 4.69) is 17.1 Å². The number of nitrogens with zero attached hydrogens (tertiary/aromatic N) is 3. The molecular weight excluding hydrogens is 336 g/mol. The van der Waals surface area contributed by atoms with E-state index in [1.165, 1.54) is 6.42 Å². The highest BCUT2D eigenvalue weighted by molar-refractivity contribution is 7.71. The number of rotatable bonds is 5. The Morgan fingerprint density at radius 2 is 2.16 bits per heavy atom. The molecular formula is C18H24N4O2S. The number of aromatic amines is 1. The van der Waals surface area contributed by atoms with Gasteiger partial charge in [0.25, 0.3) is 0 Å². The lowest BCUT2D eigenvalue weighted by atomic mass is 10.0. The van der Waals surface area contributed by atoms with Crippen LogP contribution >= 0.6 is 12.2 Å². The Kier molecular flexibility index (Phi) is 5.53. The van der Waals surface area contributed by atoms with Gasteiger partial charge < -0.3 is 9.64 Å². The molecule has 0 aliphatic carbocycles. The SMILES string of the molecule is CCOc1ccc(-c2n[nH]c(=S)n2CC(=O)N2CCCC(C)C2)cc1. The number of hydrogen-bond donors (Lipinski definition) is 1. The molecule has 0 saturated carbocycles. The molecule has 0 bridgehead atoms. The van der Waals surface area contributed by atoms with E-state index in [0.717, 1.165) is 30.8 Å². The Morgan fingerprint density at radius 3 is 2.84 bits per heavy atom. The molecule has 1 atom stereocenters. The van der Waals surface area contributed by atoms with Crippen molar-refractivity contribution in [2.75, 3.05) is 19.7 Å². The summed E-state index contributed by atoms with van der Waals surface area (Å²) in [6.07, 6.45) is 2.25. The van der Waals surface area contributed by atoms with E-state index >= 15 is 0 Å². The van der Waals surface area contributed by atoms with Gasteiger partial charge in [-0.25, -0.2) is 0 Å². The fourth-order valence-electron chi connectivity index (χ4n) is 3.20. The Balaban J connectivity index is 1.79. The third-order valence-electron chi connectivity index (χ3n) is 4.48. The van der Waals surface area contributed by atoms with Crippen molar-refractivity contribution in [2.24, 2.45) is 5.92 Å². The van der Waals surface area contributed by atoms with Gasteiger partial charge in [-0.15, -0.1) is 0 Å². The number of benzene rings is 1. The number of piperidine rings is 1. The minimum absolute atomic E-state index is 0.0937. The number of nitrogens with one attached hydrogen (secondary N) is 1. The van der Waals surface area contributed by atoms with E-state index in [1.807, 2.05) is 36.1 Å². The lowest BCUT2D eigenvalue weighted by Crippen LogP contribution is -2.40. The second-order valence-electron chi connectivity index (χ2n) is 6.48. The first-order valence-electron chi connectivity index (χ1n) is 8.74. The molecule has 3 rings (SSSR count). The standard InChI is InChI=1S/C18H24N4O2S/c1-3-24-15-8-6-14(7-9-15)17-19-20-18(25)22(17)12-16(23)21-10-4-5-13(2)11-21/h6-9,13H,3-5,10-12H2,1-2H3,(H,20,25). The van der Waals surface area contributed by atoms with Crippen LogP contribution in [-0.4, -0.2) is 45.3 Å². The van der Waals surface area contributed by atoms with Crippen molar-refractivity contribution in [2.45, 2.75) is 33.2 Å². The van der Waals surface area contributed by atoms with E-state index in [-0.39, 0.29) is 12.5 Å². The summed E-state index contributed by atoms with van der Waals surface area (Å²) in [5.41, 5.74) is 0.899. The molecule has 1 aromatic carbocycles. The van der Waals surface area contributed by atoms with Crippen LogP contribution in [0.2, 0.25) is 0 Å². The number of aromatic nitrogens is 3. The van der Waals surface area contributed by atoms with Crippen LogP contribution in [0.25, 0.3) is 11.4 Å². The van der Waals surface area contributed by atoms with E-state index in [1.54, 1.807) is 4.57 Å². The predicted molar refractivity (Wildman–Crippen MR) is 99.0 cm³/mol. The van der Waals surface area contributed by atoms with Crippen molar-refractivity contribution in [3.63, 3.8) is 0 Å². The lowest BCUT2D eigenvalue weighted by molar-refractivity contribution is -0.133. The summed E-state index contributed by atoms with van der Waals surface area (Å²) >= 11 is 5.33. The van der Waals surface area contributed by atoms with Gasteiger partial charge in [-0.05, 0) is 62.2 Å². The highest BCUT2D eigenvalue weighted by Crippen LogP contribution is 2.22. The van der Waals surface area contributed by atoms with Crippen LogP contribution in [-0.2, 0) is 11.3 Å². The van der Waals surface area contributed by atoms with Gasteiger partial charge in [-0.3, -0.25) is 14.5 Å². The Hall–Kier alpha value is -2.15. The Labute approximate surface area is 152 Å². The average molecular weight is 360 g/mol. The van der Waals surface area contributed by atoms with Crippen LogP contribution < -0.4 is 4.74 Å². The number of likely N-dealkylation sites (tertiary alicyclic amines) is 1. The molecule has 0 radical (unpaired) electrons. The minimum Gasteiger partial charge on any atom is -0.494 e. The molecule has 1 aliphatic rings. The van der Waals surface area contributed by atoms with Crippen LogP contribution in [0.4, 0.5) is 0 Å². The number of carbonyl (C=O) groups is 1. The number of amides is 1. The fraction of sp³-hybridized carbons (Fsp3) is 0.500. The highest BCUT2D eigenvalue weighted by Gasteiger charge is 2.22. The second kappa shape index (κ2) is 7.82. The van der Waals surface area contributed by atoms with Gasteiger partial charge in [0.05, 0.1) is 6.61 Å². The third kappa shape index (κ3) is 4.10. The van der Waals surface area contributed by atoms with Gasteiger partial charge in [0.1, 0.15) is 12.3 Å². The van der Waals surface area contributed by atoms with Gasteiger partial charge in [0, 0.05) is 18.7 Å². The minimum atomic E-state index is 0.0937. The number of H-pyrrole nitrogens is 1. The Bertz CT molecular complexity index is 781. The van der Waals surface area contributed by atoms with Crippen LogP contribution in [0.5, 0.6) is 5.75 Å². The second-order valence-corrected chi connectivity index (χ2v) is 6.87. The molecule has 1 amide bonds. The summed E-state index contributed by atoms with van der Waals surface area (Å²) in [7, 11) is 0. The largest absolute Gasteiger partial charge is 0.494 e. The molecule has 25 heavy (non-hydrogen) atoms. The summed E-state index contributed by atoms with van der Waals surface area (Å²) in [4.78, 5) is 14.6. The van der Waals surface area contributed by atoms with E-state index in [0.29, 0.717) is 23.1 Å². The molecule has 1 N–H and O–H groups in total. The fourth-order valence-corrected chi connectivity index (χ4v) is 3.40. The predicted octanol–water partition coefficient (Wildman–Crippen LogP) is 3.26. The van der Waals surface area contributed by atoms with Gasteiger partial charge in [0.15, 0.2) is 10.6 Å². The van der Waals surface area contributed by atoms with Crippen molar-refractivity contribution in [3.05, 3.63) is 29.0 Å². The first-order valence-corrected chi connectivity index (χ1v) is 9.15. The zero-order valence-electron chi connectivity index (χ0n) is 14.7. The maximum absolute atomic E-state index is 12.7. The molecule has 2 heterocycles. The zero-order valence-corrected chi connectivity index (χ0v) is 15.5. The molecule has 6 nitrogen and oxygen atoms in total. The quantitative estimate of drug-likeness (QED) is 0.831. The normalized spacial score (nSPS) is 17.5. The number of ether oxygens (including phenoxy) is 1. The van der Waals surface area contributed by atoms with Crippen LogP contribution in [0.3, 0.4) is 0 Å². The van der Waals surface area contributed by atoms with Crippen LogP contribution in [0, 0.1) is 10.7 Å². The average Bonchev–Trinajstić information content (AvgIpc) is 2.97. The molecule has 1 fully saturated rings. The highest BCUT2D eigenvalue weighted by atomic mass is 32.1. The molecule has 1 aliphatic heterocycles. The molecule has 1 saturated heterocycles. The van der Waals surface area contributed by atoms with E-state index < -0.39 is 0 Å². The summed E-state index contributed by atoms with van der Waals surface area (Å²) in [5.74, 6) is 2.13. The number of hydrogen-bond acceptors (Lipinski definition) is 4. The zero-order chi connectivity index (χ0) is 17.8. The van der Waals surface area contributed by atoms with Crippen LogP contribution in [0.15, 0.2) is 24.3 Å². The molecule has 7 heteroatoms. The van der Waals surface area contributed by atoms with E-state index in [4.69, 9.17) is 17.0 Å². The first kappa shape index (κ1) is 17.7. The first-order chi connectivity index (χ1) is 12.1. The summed E-state index contributed by atoms with van der Waals surface area (Å²) in [6.45, 7) is 6.63. The maximum atomic E-state index is 12.7. The monoisotopic (exact) mass is 360 g/mol. The Morgan fingerprint density at radius 1 is 1.40 bits per heavy atom.